The third kappa shape index (κ3) is 3.15. The summed E-state index contributed by atoms with van der Waals surface area (Å²) in [5, 5.41) is 6.91. The lowest BCUT2D eigenvalue weighted by atomic mass is 9.76. The number of rotatable bonds is 4. The van der Waals surface area contributed by atoms with Gasteiger partial charge in [-0.05, 0) is 49.8 Å². The average Bonchev–Trinajstić information content (AvgIpc) is 3.21. The molecule has 6 nitrogen and oxygen atoms in total. The Balaban J connectivity index is 1.61. The molecular weight excluding hydrogens is 446 g/mol. The van der Waals surface area contributed by atoms with E-state index in [0.29, 0.717) is 16.3 Å². The van der Waals surface area contributed by atoms with Crippen molar-refractivity contribution in [3.63, 3.8) is 0 Å². The molecule has 8 heteroatoms. The molecule has 0 radical (unpaired) electrons. The molecule has 0 bridgehead atoms. The SMILES string of the molecule is CSCC[C@@H]1N[C@]2(C(=O)Nc3c(Cl)cc(C)cc32)[C@@H]2C(=O)N(C3CCCCCC3)C(=O)[C@H]12. The van der Waals surface area contributed by atoms with E-state index in [4.69, 9.17) is 11.6 Å². The smallest absolute Gasteiger partial charge is 0.250 e. The van der Waals surface area contributed by atoms with Crippen LogP contribution in [0.2, 0.25) is 5.02 Å². The van der Waals surface area contributed by atoms with Gasteiger partial charge in [0, 0.05) is 17.6 Å². The number of imide groups is 1. The lowest BCUT2D eigenvalue weighted by molar-refractivity contribution is -0.145. The quantitative estimate of drug-likeness (QED) is 0.511. The first-order valence-corrected chi connectivity index (χ1v) is 13.4. The van der Waals surface area contributed by atoms with Crippen LogP contribution in [0.15, 0.2) is 12.1 Å². The number of nitrogens with zero attached hydrogens (tertiary/aromatic N) is 1. The number of nitrogens with one attached hydrogen (secondary N) is 2. The number of amides is 3. The second-order valence-electron chi connectivity index (χ2n) is 9.66. The van der Waals surface area contributed by atoms with Crippen LogP contribution in [0.3, 0.4) is 0 Å². The van der Waals surface area contributed by atoms with Crippen LogP contribution in [0.4, 0.5) is 5.69 Å². The number of fused-ring (bicyclic) bond motifs is 4. The van der Waals surface area contributed by atoms with Crippen molar-refractivity contribution in [3.8, 4) is 0 Å². The number of anilines is 1. The highest BCUT2D eigenvalue weighted by atomic mass is 35.5. The van der Waals surface area contributed by atoms with Gasteiger partial charge in [-0.1, -0.05) is 43.4 Å². The number of hydrogen-bond acceptors (Lipinski definition) is 5. The van der Waals surface area contributed by atoms with Crippen LogP contribution in [0.5, 0.6) is 0 Å². The van der Waals surface area contributed by atoms with E-state index in [0.717, 1.165) is 56.3 Å². The van der Waals surface area contributed by atoms with Crippen LogP contribution in [0, 0.1) is 18.8 Å². The van der Waals surface area contributed by atoms with E-state index < -0.39 is 17.4 Å². The van der Waals surface area contributed by atoms with E-state index in [1.807, 2.05) is 25.3 Å². The molecule has 3 fully saturated rings. The van der Waals surface area contributed by atoms with Gasteiger partial charge < -0.3 is 5.32 Å². The van der Waals surface area contributed by atoms with Crippen LogP contribution < -0.4 is 10.6 Å². The first-order valence-electron chi connectivity index (χ1n) is 11.7. The molecule has 3 amide bonds. The van der Waals surface area contributed by atoms with Gasteiger partial charge in [0.1, 0.15) is 5.54 Å². The van der Waals surface area contributed by atoms with Gasteiger partial charge in [-0.15, -0.1) is 0 Å². The molecule has 1 spiro atoms. The topological polar surface area (TPSA) is 78.5 Å². The Morgan fingerprint density at radius 1 is 1.12 bits per heavy atom. The number of hydrogen-bond donors (Lipinski definition) is 2. The largest absolute Gasteiger partial charge is 0.323 e. The Hall–Kier alpha value is -1.57. The minimum absolute atomic E-state index is 0.0496. The molecule has 2 saturated heterocycles. The maximum absolute atomic E-state index is 14.0. The van der Waals surface area contributed by atoms with Gasteiger partial charge >= 0.3 is 0 Å². The van der Waals surface area contributed by atoms with Crippen LogP contribution in [0.1, 0.15) is 56.1 Å². The van der Waals surface area contributed by atoms with Gasteiger partial charge in [-0.25, -0.2) is 0 Å². The highest BCUT2D eigenvalue weighted by Crippen LogP contribution is 2.55. The molecule has 5 rings (SSSR count). The third-order valence-corrected chi connectivity index (χ3v) is 8.72. The second kappa shape index (κ2) is 8.33. The van der Waals surface area contributed by atoms with E-state index in [1.54, 1.807) is 16.7 Å². The maximum atomic E-state index is 14.0. The molecule has 3 aliphatic heterocycles. The summed E-state index contributed by atoms with van der Waals surface area (Å²) in [7, 11) is 0. The molecule has 4 atom stereocenters. The van der Waals surface area contributed by atoms with Gasteiger partial charge in [-0.2, -0.15) is 11.8 Å². The highest BCUT2D eigenvalue weighted by Gasteiger charge is 2.70. The first kappa shape index (κ1) is 22.2. The number of likely N-dealkylation sites (tertiary alicyclic amines) is 1. The normalized spacial score (nSPS) is 32.4. The summed E-state index contributed by atoms with van der Waals surface area (Å²) >= 11 is 8.20. The molecule has 3 heterocycles. The Labute approximate surface area is 198 Å². The predicted octanol–water partition coefficient (Wildman–Crippen LogP) is 3.84. The van der Waals surface area contributed by atoms with Gasteiger partial charge in [-0.3, -0.25) is 24.6 Å². The van der Waals surface area contributed by atoms with Crippen molar-refractivity contribution in [3.05, 3.63) is 28.3 Å². The van der Waals surface area contributed by atoms with Crippen molar-refractivity contribution in [1.29, 1.82) is 0 Å². The molecule has 1 aromatic rings. The van der Waals surface area contributed by atoms with Crippen molar-refractivity contribution in [2.24, 2.45) is 11.8 Å². The Kier molecular flexibility index (Phi) is 5.79. The summed E-state index contributed by atoms with van der Waals surface area (Å²) < 4.78 is 0. The molecule has 1 aliphatic carbocycles. The molecular formula is C24H30ClN3O3S. The fourth-order valence-corrected chi connectivity index (χ4v) is 7.20. The molecule has 1 saturated carbocycles. The summed E-state index contributed by atoms with van der Waals surface area (Å²) in [6.45, 7) is 1.93. The fraction of sp³-hybridized carbons (Fsp3) is 0.625. The van der Waals surface area contributed by atoms with Crippen LogP contribution in [-0.4, -0.2) is 46.7 Å². The van der Waals surface area contributed by atoms with Crippen LogP contribution in [0.25, 0.3) is 0 Å². The van der Waals surface area contributed by atoms with Crippen molar-refractivity contribution in [2.75, 3.05) is 17.3 Å². The lowest BCUT2D eigenvalue weighted by Gasteiger charge is -2.32. The molecule has 0 unspecified atom stereocenters. The molecule has 32 heavy (non-hydrogen) atoms. The average molecular weight is 476 g/mol. The molecule has 172 valence electrons. The number of carbonyl (C=O) groups is 3. The minimum Gasteiger partial charge on any atom is -0.323 e. The van der Waals surface area contributed by atoms with E-state index >= 15 is 0 Å². The summed E-state index contributed by atoms with van der Waals surface area (Å²) in [5.74, 6) is -0.956. The van der Waals surface area contributed by atoms with E-state index in [9.17, 15) is 14.4 Å². The Morgan fingerprint density at radius 2 is 1.84 bits per heavy atom. The zero-order valence-corrected chi connectivity index (χ0v) is 20.2. The highest BCUT2D eigenvalue weighted by molar-refractivity contribution is 7.98. The minimum atomic E-state index is -1.25. The molecule has 2 N–H and O–H groups in total. The summed E-state index contributed by atoms with van der Waals surface area (Å²) in [4.78, 5) is 42.8. The van der Waals surface area contributed by atoms with Crippen LogP contribution in [-0.2, 0) is 19.9 Å². The Bertz CT molecular complexity index is 977. The van der Waals surface area contributed by atoms with Gasteiger partial charge in [0.05, 0.1) is 22.5 Å². The van der Waals surface area contributed by atoms with Crippen molar-refractivity contribution >= 4 is 46.8 Å². The van der Waals surface area contributed by atoms with E-state index in [-0.39, 0.29) is 29.8 Å². The predicted molar refractivity (Wildman–Crippen MR) is 127 cm³/mol. The summed E-state index contributed by atoms with van der Waals surface area (Å²) in [5.41, 5.74) is 0.948. The van der Waals surface area contributed by atoms with E-state index in [1.165, 1.54) is 0 Å². The monoisotopic (exact) mass is 475 g/mol. The summed E-state index contributed by atoms with van der Waals surface area (Å²) in [6, 6.07) is 3.48. The number of thioether (sulfide) groups is 1. The number of halogens is 1. The number of aryl methyl sites for hydroxylation is 1. The number of benzene rings is 1. The molecule has 4 aliphatic rings. The van der Waals surface area contributed by atoms with E-state index in [2.05, 4.69) is 10.6 Å². The first-order chi connectivity index (χ1) is 15.4. The second-order valence-corrected chi connectivity index (χ2v) is 11.1. The maximum Gasteiger partial charge on any atom is 0.250 e. The van der Waals surface area contributed by atoms with Crippen molar-refractivity contribution in [1.82, 2.24) is 10.2 Å². The fourth-order valence-electron chi connectivity index (χ4n) is 6.39. The van der Waals surface area contributed by atoms with Gasteiger partial charge in [0.2, 0.25) is 17.7 Å². The van der Waals surface area contributed by atoms with Gasteiger partial charge in [0.15, 0.2) is 0 Å². The zero-order valence-electron chi connectivity index (χ0n) is 18.6. The number of carbonyl (C=O) groups excluding carboxylic acids is 3. The zero-order chi connectivity index (χ0) is 22.6. The molecule has 0 aromatic heterocycles. The van der Waals surface area contributed by atoms with Crippen LogP contribution >= 0.6 is 23.4 Å². The van der Waals surface area contributed by atoms with Gasteiger partial charge in [0.25, 0.3) is 0 Å². The van der Waals surface area contributed by atoms with Crippen molar-refractivity contribution < 1.29 is 14.4 Å². The molecule has 1 aromatic carbocycles. The lowest BCUT2D eigenvalue weighted by Crippen LogP contribution is -2.54. The summed E-state index contributed by atoms with van der Waals surface area (Å²) in [6.07, 6.45) is 8.85. The van der Waals surface area contributed by atoms with Crippen molar-refractivity contribution in [2.45, 2.75) is 69.5 Å². The standard InChI is InChI=1S/C24H30ClN3O3S/c1-13-11-15-20(16(25)12-13)26-23(31)24(15)19-18(17(27-24)9-10-32-2)21(29)28(22(19)30)14-7-5-3-4-6-8-14/h11-12,14,17-19,27H,3-10H2,1-2H3,(H,26,31)/t17-,18+,19-,24-/m0/s1. The third-order valence-electron chi connectivity index (χ3n) is 7.78. The Morgan fingerprint density at radius 3 is 2.53 bits per heavy atom.